The molecule has 3 aliphatic carbocycles. The summed E-state index contributed by atoms with van der Waals surface area (Å²) in [6.45, 7) is 38.3. The van der Waals surface area contributed by atoms with E-state index in [0.717, 1.165) is 12.0 Å². The molecule has 3 rings (SSSR count). The lowest BCUT2D eigenvalue weighted by Crippen LogP contribution is -2.36. The quantitative estimate of drug-likeness (QED) is 0.300. The van der Waals surface area contributed by atoms with Crippen LogP contribution in [0.3, 0.4) is 0 Å². The minimum atomic E-state index is -0.436. The summed E-state index contributed by atoms with van der Waals surface area (Å²) in [4.78, 5) is 35.7. The van der Waals surface area contributed by atoms with Crippen molar-refractivity contribution in [1.82, 2.24) is 0 Å². The van der Waals surface area contributed by atoms with Crippen LogP contribution in [0.15, 0.2) is 58.7 Å². The van der Waals surface area contributed by atoms with Gasteiger partial charge in [0.05, 0.1) is 6.10 Å². The first kappa shape index (κ1) is 44.7. The number of carbonyl (C=O) groups excluding carboxylic acids is 3. The summed E-state index contributed by atoms with van der Waals surface area (Å²) in [7, 11) is 0. The Morgan fingerprint density at radius 3 is 1.59 bits per heavy atom. The molecule has 1 N–H and O–H groups in total. The Morgan fingerprint density at radius 1 is 0.714 bits per heavy atom. The van der Waals surface area contributed by atoms with Crippen LogP contribution in [0.25, 0.3) is 0 Å². The van der Waals surface area contributed by atoms with Gasteiger partial charge in [-0.15, -0.1) is 0 Å². The van der Waals surface area contributed by atoms with Crippen LogP contribution in [-0.4, -0.2) is 28.6 Å². The molecule has 0 saturated heterocycles. The predicted octanol–water partition coefficient (Wildman–Crippen LogP) is 11.9. The molecule has 2 atom stereocenters. The number of Topliss-reactive ketones (excluding diaryl/α,β-unsaturated/α-hetero) is 2. The van der Waals surface area contributed by atoms with Crippen LogP contribution in [0, 0.1) is 37.9 Å². The first-order valence-corrected chi connectivity index (χ1v) is 18.5. The van der Waals surface area contributed by atoms with Gasteiger partial charge in [-0.2, -0.15) is 0 Å². The van der Waals surface area contributed by atoms with Crippen molar-refractivity contribution in [3.63, 3.8) is 0 Å². The van der Waals surface area contributed by atoms with Crippen LogP contribution in [0.5, 0.6) is 0 Å². The van der Waals surface area contributed by atoms with Gasteiger partial charge in [-0.1, -0.05) is 147 Å². The van der Waals surface area contributed by atoms with Crippen LogP contribution in [0.2, 0.25) is 0 Å². The largest absolute Gasteiger partial charge is 0.393 e. The fourth-order valence-electron chi connectivity index (χ4n) is 6.99. The second-order valence-corrected chi connectivity index (χ2v) is 20.6. The van der Waals surface area contributed by atoms with Gasteiger partial charge in [-0.3, -0.25) is 14.4 Å². The molecule has 3 aliphatic rings. The summed E-state index contributed by atoms with van der Waals surface area (Å²) in [6.07, 6.45) is 16.4. The maximum atomic E-state index is 12.4. The minimum Gasteiger partial charge on any atom is -0.393 e. The zero-order chi connectivity index (χ0) is 38.6. The molecule has 1 fully saturated rings. The van der Waals surface area contributed by atoms with Crippen LogP contribution >= 0.6 is 0 Å². The highest BCUT2D eigenvalue weighted by molar-refractivity contribution is 5.97. The molecule has 0 spiro atoms. The van der Waals surface area contributed by atoms with E-state index in [2.05, 4.69) is 135 Å². The Morgan fingerprint density at radius 2 is 1.18 bits per heavy atom. The zero-order valence-electron chi connectivity index (χ0n) is 35.0. The molecule has 0 aliphatic heterocycles. The van der Waals surface area contributed by atoms with E-state index in [9.17, 15) is 19.5 Å². The summed E-state index contributed by atoms with van der Waals surface area (Å²) in [6, 6.07) is 0. The number of aliphatic hydroxyl groups excluding tert-OH is 1. The molecule has 2 unspecified atom stereocenters. The van der Waals surface area contributed by atoms with Gasteiger partial charge in [0.15, 0.2) is 11.6 Å². The van der Waals surface area contributed by atoms with Crippen molar-refractivity contribution in [3.05, 3.63) is 58.7 Å². The standard InChI is InChI=1S/C15H26O2.2C15H24O/c1-13(2,3)8-7-12(17)15(6)10-11(16)9-14(15,4)5;1-11-12(7-9-14(2,3)4)15(5,6)10-8-13(11)16;1-11-9-12(16)10-15(5,6)13(11)7-8-14(2,3)4/h7-8,11,16H,9-10H2,1-6H3;7,9H,8,10H2,1-6H3;7-8H,9-10H2,1-6H3/b8-7+;9-7+;8-7+. The Labute approximate surface area is 302 Å². The molecule has 49 heavy (non-hydrogen) atoms. The molecule has 0 aromatic carbocycles. The molecule has 4 nitrogen and oxygen atoms in total. The molecular formula is C45H74O4. The Hall–Kier alpha value is -2.33. The number of allylic oxidation sites excluding steroid dienone is 10. The Bertz CT molecular complexity index is 1370. The highest BCUT2D eigenvalue weighted by Crippen LogP contribution is 2.53. The van der Waals surface area contributed by atoms with E-state index in [1.54, 1.807) is 6.08 Å². The van der Waals surface area contributed by atoms with Crippen molar-refractivity contribution in [2.24, 2.45) is 37.9 Å². The summed E-state index contributed by atoms with van der Waals surface area (Å²) in [5.41, 5.74) is 4.72. The summed E-state index contributed by atoms with van der Waals surface area (Å²) in [5, 5.41) is 9.80. The van der Waals surface area contributed by atoms with Crippen molar-refractivity contribution in [2.75, 3.05) is 0 Å². The van der Waals surface area contributed by atoms with Gasteiger partial charge in [0.2, 0.25) is 0 Å². The van der Waals surface area contributed by atoms with Crippen molar-refractivity contribution in [1.29, 1.82) is 0 Å². The van der Waals surface area contributed by atoms with Crippen molar-refractivity contribution in [2.45, 2.75) is 169 Å². The lowest BCUT2D eigenvalue weighted by Gasteiger charge is -2.35. The van der Waals surface area contributed by atoms with Gasteiger partial charge in [0, 0.05) is 24.7 Å². The van der Waals surface area contributed by atoms with Gasteiger partial charge >= 0.3 is 0 Å². The lowest BCUT2D eigenvalue weighted by molar-refractivity contribution is -0.127. The lowest BCUT2D eigenvalue weighted by atomic mass is 9.66. The SMILES string of the molecule is CC(C)(C)/C=C/C(=O)C1(C)CC(O)CC1(C)C.CC1=C(/C=C/C(C)(C)C)C(C)(C)CC(=O)C1.CC1=C(/C=C/C(C)(C)C)C(C)(C)CCC1=O. The van der Waals surface area contributed by atoms with Crippen LogP contribution < -0.4 is 0 Å². The van der Waals surface area contributed by atoms with E-state index >= 15 is 0 Å². The number of carbonyl (C=O) groups is 3. The average Bonchev–Trinajstić information content (AvgIpc) is 3.09. The second kappa shape index (κ2) is 15.9. The Kier molecular flexibility index (Phi) is 14.5. The first-order chi connectivity index (χ1) is 21.7. The topological polar surface area (TPSA) is 71.4 Å². The van der Waals surface area contributed by atoms with Crippen molar-refractivity contribution >= 4 is 17.3 Å². The molecule has 0 radical (unpaired) electrons. The smallest absolute Gasteiger partial charge is 0.161 e. The highest BCUT2D eigenvalue weighted by Gasteiger charge is 2.52. The summed E-state index contributed by atoms with van der Waals surface area (Å²) in [5.74, 6) is 0.831. The highest BCUT2D eigenvalue weighted by atomic mass is 16.3. The second-order valence-electron chi connectivity index (χ2n) is 20.6. The summed E-state index contributed by atoms with van der Waals surface area (Å²) < 4.78 is 0. The number of ketones is 3. The van der Waals surface area contributed by atoms with Crippen molar-refractivity contribution in [3.8, 4) is 0 Å². The maximum absolute atomic E-state index is 12.4. The molecule has 0 amide bonds. The van der Waals surface area contributed by atoms with Crippen molar-refractivity contribution < 1.29 is 19.5 Å². The molecule has 4 heteroatoms. The number of aliphatic hydroxyl groups is 1. The molecule has 0 aromatic heterocycles. The van der Waals surface area contributed by atoms with E-state index in [0.29, 0.717) is 43.7 Å². The molecule has 278 valence electrons. The molecule has 0 aromatic rings. The van der Waals surface area contributed by atoms with Gasteiger partial charge in [0.25, 0.3) is 0 Å². The van der Waals surface area contributed by atoms with E-state index in [1.165, 1.54) is 16.7 Å². The first-order valence-electron chi connectivity index (χ1n) is 18.5. The number of hydrogen-bond acceptors (Lipinski definition) is 4. The fraction of sp³-hybridized carbons (Fsp3) is 0.711. The van der Waals surface area contributed by atoms with E-state index in [-0.39, 0.29) is 44.4 Å². The maximum Gasteiger partial charge on any atom is 0.161 e. The van der Waals surface area contributed by atoms with Gasteiger partial charge in [-0.25, -0.2) is 0 Å². The normalized spacial score (nSPS) is 25.9. The van der Waals surface area contributed by atoms with Crippen LogP contribution in [0.4, 0.5) is 0 Å². The van der Waals surface area contributed by atoms with E-state index in [1.807, 2.05) is 19.9 Å². The molecular weight excluding hydrogens is 604 g/mol. The van der Waals surface area contributed by atoms with Gasteiger partial charge in [-0.05, 0) is 88.4 Å². The number of hydrogen-bond donors (Lipinski definition) is 1. The fourth-order valence-corrected chi connectivity index (χ4v) is 6.99. The zero-order valence-corrected chi connectivity index (χ0v) is 35.0. The Balaban J connectivity index is 0.000000368. The minimum absolute atomic E-state index is 0.00116. The number of rotatable bonds is 4. The third kappa shape index (κ3) is 13.7. The molecule has 1 saturated carbocycles. The third-order valence-corrected chi connectivity index (χ3v) is 10.5. The van der Waals surface area contributed by atoms with Crippen LogP contribution in [-0.2, 0) is 14.4 Å². The average molecular weight is 679 g/mol. The molecule has 0 bridgehead atoms. The summed E-state index contributed by atoms with van der Waals surface area (Å²) >= 11 is 0. The van der Waals surface area contributed by atoms with E-state index < -0.39 is 5.41 Å². The monoisotopic (exact) mass is 679 g/mol. The molecule has 0 heterocycles. The van der Waals surface area contributed by atoms with Crippen LogP contribution in [0.1, 0.15) is 163 Å². The predicted molar refractivity (Wildman–Crippen MR) is 209 cm³/mol. The third-order valence-electron chi connectivity index (χ3n) is 10.5. The van der Waals surface area contributed by atoms with E-state index in [4.69, 9.17) is 0 Å². The van der Waals surface area contributed by atoms with Gasteiger partial charge < -0.3 is 5.11 Å². The van der Waals surface area contributed by atoms with Gasteiger partial charge in [0.1, 0.15) is 5.78 Å².